The van der Waals surface area contributed by atoms with Crippen molar-refractivity contribution in [3.8, 4) is 5.69 Å². The number of rotatable bonds is 2. The Morgan fingerprint density at radius 1 is 0.920 bits per heavy atom. The van der Waals surface area contributed by atoms with Crippen LogP contribution in [0.15, 0.2) is 70.3 Å². The molecule has 0 aliphatic rings. The minimum absolute atomic E-state index is 0.00506. The number of aromatic nitrogens is 2. The zero-order valence-corrected chi connectivity index (χ0v) is 12.9. The fourth-order valence-corrected chi connectivity index (χ4v) is 2.97. The average molecular weight is 332 g/mol. The van der Waals surface area contributed by atoms with Crippen LogP contribution in [0.25, 0.3) is 27.4 Å². The highest BCUT2D eigenvalue weighted by molar-refractivity contribution is 5.93. The zero-order valence-electron chi connectivity index (χ0n) is 12.9. The second-order valence-electron chi connectivity index (χ2n) is 5.63. The topological polar surface area (TPSA) is 92.2 Å². The molecule has 0 amide bonds. The lowest BCUT2D eigenvalue weighted by atomic mass is 10.1. The summed E-state index contributed by atoms with van der Waals surface area (Å²) in [5, 5.41) is 11.0. The Morgan fingerprint density at radius 3 is 2.48 bits per heavy atom. The first-order valence-electron chi connectivity index (χ1n) is 7.57. The van der Waals surface area contributed by atoms with Gasteiger partial charge in [0.25, 0.3) is 5.56 Å². The molecule has 0 spiro atoms. The fraction of sp³-hybridized carbons (Fsp3) is 0. The number of fused-ring (bicyclic) bond motifs is 2. The van der Waals surface area contributed by atoms with Gasteiger partial charge < -0.3 is 10.1 Å². The molecular weight excluding hydrogens is 320 g/mol. The molecule has 0 bridgehead atoms. The number of hydrogen-bond acceptors (Lipinski definition) is 3. The normalized spacial score (nSPS) is 11.0. The molecule has 0 radical (unpaired) electrons. The minimum atomic E-state index is -1.12. The van der Waals surface area contributed by atoms with Crippen molar-refractivity contribution in [2.24, 2.45) is 0 Å². The molecule has 4 rings (SSSR count). The van der Waals surface area contributed by atoms with E-state index in [-0.39, 0.29) is 16.5 Å². The highest BCUT2D eigenvalue weighted by atomic mass is 16.4. The Kier molecular flexibility index (Phi) is 3.25. The molecule has 0 aliphatic heterocycles. The number of carbonyl (C=O) groups is 1. The van der Waals surface area contributed by atoms with Gasteiger partial charge in [-0.2, -0.15) is 0 Å². The van der Waals surface area contributed by atoms with Gasteiger partial charge in [0, 0.05) is 5.39 Å². The Balaban J connectivity index is 2.09. The van der Waals surface area contributed by atoms with Gasteiger partial charge in [-0.25, -0.2) is 14.2 Å². The third-order valence-electron chi connectivity index (χ3n) is 4.15. The predicted molar refractivity (Wildman–Crippen MR) is 94.6 cm³/mol. The maximum Gasteiger partial charge on any atom is 0.335 e. The van der Waals surface area contributed by atoms with E-state index in [4.69, 9.17) is 5.11 Å². The maximum absolute atomic E-state index is 12.9. The van der Waals surface area contributed by atoms with Crippen LogP contribution in [0.4, 0.5) is 0 Å². The van der Waals surface area contributed by atoms with E-state index in [1.165, 1.54) is 18.2 Å². The first-order chi connectivity index (χ1) is 12.1. The molecule has 6 nitrogen and oxygen atoms in total. The van der Waals surface area contributed by atoms with E-state index in [1.807, 2.05) is 30.3 Å². The number of nitrogens with zero attached hydrogens (tertiary/aromatic N) is 1. The summed E-state index contributed by atoms with van der Waals surface area (Å²) in [4.78, 5) is 39.1. The van der Waals surface area contributed by atoms with Gasteiger partial charge >= 0.3 is 11.7 Å². The van der Waals surface area contributed by atoms with Crippen LogP contribution < -0.4 is 11.2 Å². The van der Waals surface area contributed by atoms with Crippen molar-refractivity contribution in [1.29, 1.82) is 0 Å². The van der Waals surface area contributed by atoms with E-state index in [9.17, 15) is 14.4 Å². The summed E-state index contributed by atoms with van der Waals surface area (Å²) in [5.41, 5.74) is -0.422. The van der Waals surface area contributed by atoms with E-state index in [1.54, 1.807) is 12.1 Å². The van der Waals surface area contributed by atoms with E-state index >= 15 is 0 Å². The van der Waals surface area contributed by atoms with E-state index < -0.39 is 17.2 Å². The molecule has 0 atom stereocenters. The van der Waals surface area contributed by atoms with Crippen LogP contribution in [0.1, 0.15) is 10.4 Å². The number of H-pyrrole nitrogens is 1. The molecule has 1 aromatic heterocycles. The van der Waals surface area contributed by atoms with Gasteiger partial charge in [0.1, 0.15) is 0 Å². The summed E-state index contributed by atoms with van der Waals surface area (Å²) in [7, 11) is 0. The second kappa shape index (κ2) is 5.45. The Morgan fingerprint density at radius 2 is 1.68 bits per heavy atom. The smallest absolute Gasteiger partial charge is 0.335 e. The lowest BCUT2D eigenvalue weighted by Crippen LogP contribution is -2.33. The van der Waals surface area contributed by atoms with Crippen molar-refractivity contribution in [1.82, 2.24) is 9.55 Å². The monoisotopic (exact) mass is 332 g/mol. The van der Waals surface area contributed by atoms with Crippen molar-refractivity contribution < 1.29 is 9.90 Å². The Bertz CT molecular complexity index is 1260. The van der Waals surface area contributed by atoms with Crippen molar-refractivity contribution >= 4 is 27.6 Å². The SMILES string of the molecule is O=C(O)c1ccc2c(=O)n(-c3cccc4ccccc34)c(=O)[nH]c2c1. The molecule has 0 saturated heterocycles. The molecule has 6 heteroatoms. The summed E-state index contributed by atoms with van der Waals surface area (Å²) in [6, 6.07) is 16.9. The molecular formula is C19H12N2O4. The standard InChI is InChI=1S/C19H12N2O4/c22-17-14-9-8-12(18(23)24)10-15(14)20-19(25)21(17)16-7-3-5-11-4-1-2-6-13(11)16/h1-10H,(H,20,25)(H,23,24). The molecule has 25 heavy (non-hydrogen) atoms. The molecule has 3 aromatic carbocycles. The molecule has 2 N–H and O–H groups in total. The molecule has 4 aromatic rings. The first-order valence-corrected chi connectivity index (χ1v) is 7.57. The largest absolute Gasteiger partial charge is 0.478 e. The summed E-state index contributed by atoms with van der Waals surface area (Å²) >= 11 is 0. The van der Waals surface area contributed by atoms with Crippen molar-refractivity contribution in [3.63, 3.8) is 0 Å². The third-order valence-corrected chi connectivity index (χ3v) is 4.15. The molecule has 0 saturated carbocycles. The highest BCUT2D eigenvalue weighted by Gasteiger charge is 2.13. The average Bonchev–Trinajstić information content (AvgIpc) is 2.61. The van der Waals surface area contributed by atoms with Gasteiger partial charge in [0.05, 0.1) is 22.2 Å². The van der Waals surface area contributed by atoms with Gasteiger partial charge in [0.2, 0.25) is 0 Å². The van der Waals surface area contributed by atoms with Crippen LogP contribution in [-0.4, -0.2) is 20.6 Å². The summed E-state index contributed by atoms with van der Waals surface area (Å²) in [6.45, 7) is 0. The zero-order chi connectivity index (χ0) is 17.6. The summed E-state index contributed by atoms with van der Waals surface area (Å²) in [6.07, 6.45) is 0. The number of benzene rings is 3. The molecule has 0 aliphatic carbocycles. The molecule has 122 valence electrons. The second-order valence-corrected chi connectivity index (χ2v) is 5.63. The molecule has 1 heterocycles. The number of aromatic amines is 1. The lowest BCUT2D eigenvalue weighted by molar-refractivity contribution is 0.0697. The van der Waals surface area contributed by atoms with E-state index in [0.29, 0.717) is 5.69 Å². The van der Waals surface area contributed by atoms with Crippen molar-refractivity contribution in [2.75, 3.05) is 0 Å². The molecule has 0 fully saturated rings. The lowest BCUT2D eigenvalue weighted by Gasteiger charge is -2.10. The molecule has 0 unspecified atom stereocenters. The summed E-state index contributed by atoms with van der Waals surface area (Å²) < 4.78 is 1.07. The first kappa shape index (κ1) is 14.9. The predicted octanol–water partition coefficient (Wildman–Crippen LogP) is 2.53. The van der Waals surface area contributed by atoms with Crippen LogP contribution in [0.3, 0.4) is 0 Å². The van der Waals surface area contributed by atoms with Crippen molar-refractivity contribution in [3.05, 3.63) is 87.1 Å². The number of carboxylic acid groups (broad SMARTS) is 1. The van der Waals surface area contributed by atoms with E-state index in [0.717, 1.165) is 15.3 Å². The Hall–Kier alpha value is -3.67. The maximum atomic E-state index is 12.9. The van der Waals surface area contributed by atoms with Crippen molar-refractivity contribution in [2.45, 2.75) is 0 Å². The summed E-state index contributed by atoms with van der Waals surface area (Å²) in [5.74, 6) is -1.12. The Labute approximate surface area is 140 Å². The fourth-order valence-electron chi connectivity index (χ4n) is 2.97. The van der Waals surface area contributed by atoms with Crippen LogP contribution in [0.2, 0.25) is 0 Å². The quantitative estimate of drug-likeness (QED) is 0.590. The van der Waals surface area contributed by atoms with Gasteiger partial charge in [0.15, 0.2) is 0 Å². The highest BCUT2D eigenvalue weighted by Crippen LogP contribution is 2.20. The number of hydrogen-bond donors (Lipinski definition) is 2. The van der Waals surface area contributed by atoms with Gasteiger partial charge in [-0.3, -0.25) is 4.79 Å². The minimum Gasteiger partial charge on any atom is -0.478 e. The van der Waals surface area contributed by atoms with Crippen LogP contribution >= 0.6 is 0 Å². The van der Waals surface area contributed by atoms with Gasteiger partial charge in [-0.15, -0.1) is 0 Å². The van der Waals surface area contributed by atoms with Gasteiger partial charge in [-0.1, -0.05) is 36.4 Å². The third kappa shape index (κ3) is 2.31. The number of nitrogens with one attached hydrogen (secondary N) is 1. The van der Waals surface area contributed by atoms with Crippen LogP contribution in [-0.2, 0) is 0 Å². The number of aromatic carboxylic acids is 1. The van der Waals surface area contributed by atoms with Crippen LogP contribution in [0.5, 0.6) is 0 Å². The number of carboxylic acids is 1. The van der Waals surface area contributed by atoms with E-state index in [2.05, 4.69) is 4.98 Å². The van der Waals surface area contributed by atoms with Gasteiger partial charge in [-0.05, 0) is 29.7 Å². The van der Waals surface area contributed by atoms with Crippen LogP contribution in [0, 0.1) is 0 Å².